The third-order valence-electron chi connectivity index (χ3n) is 5.76. The Bertz CT molecular complexity index is 1020. The number of benzene rings is 3. The molecule has 0 radical (unpaired) electrons. The third kappa shape index (κ3) is 6.99. The molecule has 0 amide bonds. The van der Waals surface area contributed by atoms with Gasteiger partial charge in [-0.1, -0.05) is 48.5 Å². The standard InChI is InChI=1S/C27H30N2O4/c30-27(31)19-22-9-11-25(12-10-22)32-18-17-28-13-15-29(16-14-28)24-7-4-8-26(20-24)33-21-23-5-2-1-3-6-23/h1-12,20H,13-19,21H2,(H,30,31). The van der Waals surface area contributed by atoms with E-state index in [4.69, 9.17) is 14.6 Å². The van der Waals surface area contributed by atoms with Crippen molar-refractivity contribution < 1.29 is 19.4 Å². The van der Waals surface area contributed by atoms with Crippen LogP contribution in [0.15, 0.2) is 78.9 Å². The molecule has 1 heterocycles. The van der Waals surface area contributed by atoms with Gasteiger partial charge < -0.3 is 19.5 Å². The molecule has 6 nitrogen and oxygen atoms in total. The lowest BCUT2D eigenvalue weighted by atomic mass is 10.1. The SMILES string of the molecule is O=C(O)Cc1ccc(OCCN2CCN(c3cccc(OCc4ccccc4)c3)CC2)cc1. The van der Waals surface area contributed by atoms with E-state index in [-0.39, 0.29) is 6.42 Å². The second-order valence-electron chi connectivity index (χ2n) is 8.16. The second-order valence-corrected chi connectivity index (χ2v) is 8.16. The summed E-state index contributed by atoms with van der Waals surface area (Å²) in [5.41, 5.74) is 3.13. The third-order valence-corrected chi connectivity index (χ3v) is 5.76. The molecule has 0 unspecified atom stereocenters. The number of hydrogen-bond donors (Lipinski definition) is 1. The molecule has 0 saturated carbocycles. The molecule has 0 aliphatic carbocycles. The van der Waals surface area contributed by atoms with Crippen LogP contribution in [0, 0.1) is 0 Å². The topological polar surface area (TPSA) is 62.2 Å². The first kappa shape index (κ1) is 22.7. The zero-order chi connectivity index (χ0) is 22.9. The van der Waals surface area contributed by atoms with Crippen LogP contribution in [-0.2, 0) is 17.8 Å². The molecule has 6 heteroatoms. The Morgan fingerprint density at radius 1 is 0.788 bits per heavy atom. The molecule has 1 aliphatic rings. The summed E-state index contributed by atoms with van der Waals surface area (Å²) in [7, 11) is 0. The van der Waals surface area contributed by atoms with Gasteiger partial charge >= 0.3 is 5.97 Å². The van der Waals surface area contributed by atoms with Crippen LogP contribution in [0.25, 0.3) is 0 Å². The fourth-order valence-corrected chi connectivity index (χ4v) is 3.91. The Hall–Kier alpha value is -3.51. The van der Waals surface area contributed by atoms with Crippen LogP contribution < -0.4 is 14.4 Å². The van der Waals surface area contributed by atoms with Crippen molar-refractivity contribution in [1.82, 2.24) is 4.90 Å². The number of anilines is 1. The molecular formula is C27H30N2O4. The molecular weight excluding hydrogens is 416 g/mol. The number of piperazine rings is 1. The molecule has 0 spiro atoms. The highest BCUT2D eigenvalue weighted by Crippen LogP contribution is 2.23. The molecule has 0 atom stereocenters. The Labute approximate surface area is 195 Å². The number of aliphatic carboxylic acids is 1. The monoisotopic (exact) mass is 446 g/mol. The Morgan fingerprint density at radius 2 is 1.55 bits per heavy atom. The van der Waals surface area contributed by atoms with Gasteiger partial charge in [-0.15, -0.1) is 0 Å². The van der Waals surface area contributed by atoms with E-state index in [1.54, 1.807) is 12.1 Å². The minimum absolute atomic E-state index is 0.0343. The van der Waals surface area contributed by atoms with Gasteiger partial charge in [0, 0.05) is 44.5 Å². The van der Waals surface area contributed by atoms with Crippen LogP contribution >= 0.6 is 0 Å². The minimum atomic E-state index is -0.825. The average Bonchev–Trinajstić information content (AvgIpc) is 2.85. The van der Waals surface area contributed by atoms with Crippen molar-refractivity contribution in [1.29, 1.82) is 0 Å². The van der Waals surface area contributed by atoms with Gasteiger partial charge in [-0.05, 0) is 35.4 Å². The summed E-state index contributed by atoms with van der Waals surface area (Å²) in [4.78, 5) is 15.6. The van der Waals surface area contributed by atoms with Gasteiger partial charge in [-0.25, -0.2) is 0 Å². The van der Waals surface area contributed by atoms with Gasteiger partial charge in [0.25, 0.3) is 0 Å². The summed E-state index contributed by atoms with van der Waals surface area (Å²) < 4.78 is 11.8. The van der Waals surface area contributed by atoms with E-state index in [0.717, 1.165) is 55.3 Å². The normalized spacial score (nSPS) is 14.1. The van der Waals surface area contributed by atoms with E-state index in [2.05, 4.69) is 40.1 Å². The van der Waals surface area contributed by atoms with Gasteiger partial charge in [0.05, 0.1) is 6.42 Å². The summed E-state index contributed by atoms with van der Waals surface area (Å²) in [6, 6.07) is 25.8. The highest BCUT2D eigenvalue weighted by molar-refractivity contribution is 5.70. The van der Waals surface area contributed by atoms with Crippen LogP contribution in [0.2, 0.25) is 0 Å². The average molecular weight is 447 g/mol. The van der Waals surface area contributed by atoms with Gasteiger partial charge in [-0.2, -0.15) is 0 Å². The van der Waals surface area contributed by atoms with Crippen molar-refractivity contribution in [2.75, 3.05) is 44.2 Å². The number of carboxylic acid groups (broad SMARTS) is 1. The van der Waals surface area contributed by atoms with E-state index >= 15 is 0 Å². The number of nitrogens with zero attached hydrogens (tertiary/aromatic N) is 2. The molecule has 4 rings (SSSR count). The summed E-state index contributed by atoms with van der Waals surface area (Å²) in [6.07, 6.45) is 0.0343. The fraction of sp³-hybridized carbons (Fsp3) is 0.296. The first-order valence-corrected chi connectivity index (χ1v) is 11.3. The van der Waals surface area contributed by atoms with Crippen molar-refractivity contribution in [2.45, 2.75) is 13.0 Å². The maximum Gasteiger partial charge on any atom is 0.307 e. The molecule has 0 bridgehead atoms. The van der Waals surface area contributed by atoms with E-state index in [1.165, 1.54) is 5.69 Å². The predicted molar refractivity (Wildman–Crippen MR) is 129 cm³/mol. The Balaban J connectivity index is 1.19. The van der Waals surface area contributed by atoms with Crippen LogP contribution in [0.1, 0.15) is 11.1 Å². The highest BCUT2D eigenvalue weighted by Gasteiger charge is 2.17. The molecule has 33 heavy (non-hydrogen) atoms. The Kier molecular flexibility index (Phi) is 7.82. The maximum atomic E-state index is 10.8. The number of ether oxygens (including phenoxy) is 2. The Morgan fingerprint density at radius 3 is 2.27 bits per heavy atom. The lowest BCUT2D eigenvalue weighted by Crippen LogP contribution is -2.47. The van der Waals surface area contributed by atoms with Crippen LogP contribution in [-0.4, -0.2) is 55.3 Å². The summed E-state index contributed by atoms with van der Waals surface area (Å²) >= 11 is 0. The van der Waals surface area contributed by atoms with Crippen LogP contribution in [0.3, 0.4) is 0 Å². The van der Waals surface area contributed by atoms with Gasteiger partial charge in [0.15, 0.2) is 0 Å². The van der Waals surface area contributed by atoms with Crippen LogP contribution in [0.4, 0.5) is 5.69 Å². The van der Waals surface area contributed by atoms with E-state index in [1.807, 2.05) is 36.4 Å². The first-order valence-electron chi connectivity index (χ1n) is 11.3. The van der Waals surface area contributed by atoms with Crippen molar-refractivity contribution >= 4 is 11.7 Å². The molecule has 1 fully saturated rings. The largest absolute Gasteiger partial charge is 0.492 e. The lowest BCUT2D eigenvalue weighted by molar-refractivity contribution is -0.136. The highest BCUT2D eigenvalue weighted by atomic mass is 16.5. The van der Waals surface area contributed by atoms with Gasteiger partial charge in [0.1, 0.15) is 24.7 Å². The van der Waals surface area contributed by atoms with Crippen molar-refractivity contribution in [3.8, 4) is 11.5 Å². The molecule has 3 aromatic carbocycles. The minimum Gasteiger partial charge on any atom is -0.492 e. The van der Waals surface area contributed by atoms with Crippen molar-refractivity contribution in [2.24, 2.45) is 0 Å². The lowest BCUT2D eigenvalue weighted by Gasteiger charge is -2.36. The quantitative estimate of drug-likeness (QED) is 0.506. The summed E-state index contributed by atoms with van der Waals surface area (Å²) in [6.45, 7) is 5.94. The van der Waals surface area contributed by atoms with Crippen molar-refractivity contribution in [3.63, 3.8) is 0 Å². The molecule has 3 aromatic rings. The maximum absolute atomic E-state index is 10.8. The number of carboxylic acids is 1. The smallest absolute Gasteiger partial charge is 0.307 e. The number of rotatable bonds is 10. The summed E-state index contributed by atoms with van der Waals surface area (Å²) in [5.74, 6) is 0.839. The number of hydrogen-bond acceptors (Lipinski definition) is 5. The van der Waals surface area contributed by atoms with Gasteiger partial charge in [-0.3, -0.25) is 9.69 Å². The molecule has 1 saturated heterocycles. The first-order chi connectivity index (χ1) is 16.2. The zero-order valence-corrected chi connectivity index (χ0v) is 18.7. The summed E-state index contributed by atoms with van der Waals surface area (Å²) in [5, 5.41) is 8.85. The van der Waals surface area contributed by atoms with E-state index < -0.39 is 5.97 Å². The number of carbonyl (C=O) groups is 1. The fourth-order valence-electron chi connectivity index (χ4n) is 3.91. The predicted octanol–water partition coefficient (Wildman–Crippen LogP) is 4.09. The molecule has 172 valence electrons. The van der Waals surface area contributed by atoms with E-state index in [0.29, 0.717) is 13.2 Å². The van der Waals surface area contributed by atoms with E-state index in [9.17, 15) is 4.79 Å². The van der Waals surface area contributed by atoms with Gasteiger partial charge in [0.2, 0.25) is 0 Å². The molecule has 0 aromatic heterocycles. The van der Waals surface area contributed by atoms with Crippen molar-refractivity contribution in [3.05, 3.63) is 90.0 Å². The second kappa shape index (κ2) is 11.4. The zero-order valence-electron chi connectivity index (χ0n) is 18.7. The van der Waals surface area contributed by atoms with Crippen LogP contribution in [0.5, 0.6) is 11.5 Å². The molecule has 1 N–H and O–H groups in total. The molecule has 1 aliphatic heterocycles.